The van der Waals surface area contributed by atoms with Gasteiger partial charge in [-0.25, -0.2) is 0 Å². The van der Waals surface area contributed by atoms with Crippen molar-refractivity contribution < 1.29 is 0 Å². The Bertz CT molecular complexity index is 355. The summed E-state index contributed by atoms with van der Waals surface area (Å²) in [7, 11) is 0. The fraction of sp³-hybridized carbons (Fsp3) is 0.538. The number of hydrogen-bond acceptors (Lipinski definition) is 0. The largest absolute Gasteiger partial charge is 0.0925 e. The number of benzene rings is 1. The van der Waals surface area contributed by atoms with Crippen LogP contribution in [-0.4, -0.2) is 5.33 Å². The van der Waals surface area contributed by atoms with Crippen molar-refractivity contribution in [2.24, 2.45) is 11.3 Å². The molecule has 0 bridgehead atoms. The Labute approximate surface area is 116 Å². The number of halogens is 3. The zero-order valence-corrected chi connectivity index (χ0v) is 13.0. The Morgan fingerprint density at radius 3 is 2.38 bits per heavy atom. The third-order valence-corrected chi connectivity index (χ3v) is 4.27. The topological polar surface area (TPSA) is 0 Å². The lowest BCUT2D eigenvalue weighted by molar-refractivity contribution is 0.267. The van der Waals surface area contributed by atoms with Crippen molar-refractivity contribution in [2.75, 3.05) is 5.33 Å². The normalized spacial score (nSPS) is 13.9. The van der Waals surface area contributed by atoms with Gasteiger partial charge >= 0.3 is 0 Å². The minimum atomic E-state index is 0.259. The lowest BCUT2D eigenvalue weighted by Gasteiger charge is -2.29. The first-order valence-corrected chi connectivity index (χ1v) is 7.22. The molecule has 0 aliphatic carbocycles. The Hall–Kier alpha value is 0.280. The molecule has 0 nitrogen and oxygen atoms in total. The van der Waals surface area contributed by atoms with Crippen molar-refractivity contribution in [1.29, 1.82) is 0 Å². The van der Waals surface area contributed by atoms with E-state index in [1.54, 1.807) is 0 Å². The SMILES string of the molecule is CC(C)(C)C(CBr)Cc1cc(Cl)ccc1Cl. The summed E-state index contributed by atoms with van der Waals surface area (Å²) in [6.07, 6.45) is 0.953. The number of alkyl halides is 1. The first kappa shape index (κ1) is 14.3. The Balaban J connectivity index is 2.90. The van der Waals surface area contributed by atoms with Gasteiger partial charge in [-0.2, -0.15) is 0 Å². The van der Waals surface area contributed by atoms with Crippen LogP contribution >= 0.6 is 39.1 Å². The first-order chi connectivity index (χ1) is 7.34. The lowest BCUT2D eigenvalue weighted by Crippen LogP contribution is -2.24. The van der Waals surface area contributed by atoms with E-state index in [1.807, 2.05) is 18.2 Å². The highest BCUT2D eigenvalue weighted by Crippen LogP contribution is 2.33. The van der Waals surface area contributed by atoms with Gasteiger partial charge in [0, 0.05) is 15.4 Å². The third kappa shape index (κ3) is 3.94. The highest BCUT2D eigenvalue weighted by atomic mass is 79.9. The first-order valence-electron chi connectivity index (χ1n) is 5.34. The van der Waals surface area contributed by atoms with Gasteiger partial charge in [0.1, 0.15) is 0 Å². The van der Waals surface area contributed by atoms with Crippen LogP contribution in [0.25, 0.3) is 0 Å². The van der Waals surface area contributed by atoms with Gasteiger partial charge in [0.2, 0.25) is 0 Å². The molecule has 0 saturated heterocycles. The van der Waals surface area contributed by atoms with Crippen LogP contribution in [0.5, 0.6) is 0 Å². The summed E-state index contributed by atoms with van der Waals surface area (Å²) in [5.41, 5.74) is 1.39. The molecule has 1 unspecified atom stereocenters. The van der Waals surface area contributed by atoms with E-state index in [0.717, 1.165) is 27.4 Å². The second-order valence-corrected chi connectivity index (χ2v) is 6.65. The highest BCUT2D eigenvalue weighted by molar-refractivity contribution is 9.09. The van der Waals surface area contributed by atoms with Gasteiger partial charge in [-0.05, 0) is 41.5 Å². The molecule has 0 spiro atoms. The molecule has 1 aromatic carbocycles. The standard InChI is InChI=1S/C13H17BrCl2/c1-13(2,3)10(8-14)6-9-7-11(15)4-5-12(9)16/h4-5,7,10H,6,8H2,1-3H3. The average Bonchev–Trinajstić information content (AvgIpc) is 2.17. The fourth-order valence-corrected chi connectivity index (χ4v) is 3.15. The molecule has 0 fully saturated rings. The van der Waals surface area contributed by atoms with Crippen molar-refractivity contribution in [1.82, 2.24) is 0 Å². The molecule has 1 aromatic rings. The van der Waals surface area contributed by atoms with E-state index in [-0.39, 0.29) is 5.41 Å². The monoisotopic (exact) mass is 322 g/mol. The quantitative estimate of drug-likeness (QED) is 0.636. The predicted molar refractivity (Wildman–Crippen MR) is 76.9 cm³/mol. The van der Waals surface area contributed by atoms with Crippen LogP contribution in [-0.2, 0) is 6.42 Å². The van der Waals surface area contributed by atoms with Crippen LogP contribution in [0.4, 0.5) is 0 Å². The molecule has 0 N–H and O–H groups in total. The molecular weight excluding hydrogens is 307 g/mol. The second kappa shape index (κ2) is 5.75. The molecule has 0 heterocycles. The zero-order chi connectivity index (χ0) is 12.3. The van der Waals surface area contributed by atoms with Gasteiger partial charge in [0.05, 0.1) is 0 Å². The van der Waals surface area contributed by atoms with Crippen LogP contribution in [0.1, 0.15) is 26.3 Å². The summed E-state index contributed by atoms with van der Waals surface area (Å²) in [4.78, 5) is 0. The number of rotatable bonds is 3. The minimum Gasteiger partial charge on any atom is -0.0925 e. The zero-order valence-electron chi connectivity index (χ0n) is 9.86. The molecule has 0 aliphatic heterocycles. The molecule has 0 radical (unpaired) electrons. The van der Waals surface area contributed by atoms with Crippen molar-refractivity contribution >= 4 is 39.1 Å². The maximum absolute atomic E-state index is 6.17. The Morgan fingerprint density at radius 1 is 1.25 bits per heavy atom. The Kier molecular flexibility index (Phi) is 5.15. The molecule has 0 amide bonds. The summed E-state index contributed by atoms with van der Waals surface area (Å²) >= 11 is 15.7. The summed E-state index contributed by atoms with van der Waals surface area (Å²) in [6.45, 7) is 6.74. The molecule has 1 rings (SSSR count). The summed E-state index contributed by atoms with van der Waals surface area (Å²) in [6, 6.07) is 5.66. The van der Waals surface area contributed by atoms with Crippen LogP contribution in [0.3, 0.4) is 0 Å². The van der Waals surface area contributed by atoms with E-state index >= 15 is 0 Å². The van der Waals surface area contributed by atoms with Crippen LogP contribution in [0, 0.1) is 11.3 Å². The fourth-order valence-electron chi connectivity index (χ4n) is 1.56. The molecule has 90 valence electrons. The van der Waals surface area contributed by atoms with Crippen LogP contribution in [0.2, 0.25) is 10.0 Å². The van der Waals surface area contributed by atoms with Crippen molar-refractivity contribution in [3.05, 3.63) is 33.8 Å². The van der Waals surface area contributed by atoms with E-state index in [9.17, 15) is 0 Å². The number of hydrogen-bond donors (Lipinski definition) is 0. The summed E-state index contributed by atoms with van der Waals surface area (Å²) in [5, 5.41) is 2.53. The third-order valence-electron chi connectivity index (χ3n) is 2.89. The predicted octanol–water partition coefficient (Wildman–Crippen LogP) is 5.59. The molecule has 0 aromatic heterocycles. The summed E-state index contributed by atoms with van der Waals surface area (Å²) in [5.74, 6) is 0.545. The van der Waals surface area contributed by atoms with Crippen molar-refractivity contribution in [3.63, 3.8) is 0 Å². The molecule has 1 atom stereocenters. The van der Waals surface area contributed by atoms with Crippen molar-refractivity contribution in [2.45, 2.75) is 27.2 Å². The van der Waals surface area contributed by atoms with E-state index in [2.05, 4.69) is 36.7 Å². The van der Waals surface area contributed by atoms with Crippen LogP contribution < -0.4 is 0 Å². The van der Waals surface area contributed by atoms with Crippen LogP contribution in [0.15, 0.2) is 18.2 Å². The molecular formula is C13H17BrCl2. The van der Waals surface area contributed by atoms with Gasteiger partial charge in [0.15, 0.2) is 0 Å². The van der Waals surface area contributed by atoms with Gasteiger partial charge in [-0.15, -0.1) is 0 Å². The molecule has 3 heteroatoms. The molecule has 16 heavy (non-hydrogen) atoms. The minimum absolute atomic E-state index is 0.259. The second-order valence-electron chi connectivity index (χ2n) is 5.16. The lowest BCUT2D eigenvalue weighted by atomic mass is 9.78. The molecule has 0 saturated carbocycles. The van der Waals surface area contributed by atoms with E-state index in [4.69, 9.17) is 23.2 Å². The van der Waals surface area contributed by atoms with E-state index < -0.39 is 0 Å². The molecule has 0 aliphatic rings. The Morgan fingerprint density at radius 2 is 1.88 bits per heavy atom. The van der Waals surface area contributed by atoms with Gasteiger partial charge < -0.3 is 0 Å². The highest BCUT2D eigenvalue weighted by Gasteiger charge is 2.24. The summed E-state index contributed by atoms with van der Waals surface area (Å²) < 4.78 is 0. The average molecular weight is 324 g/mol. The maximum atomic E-state index is 6.17. The van der Waals surface area contributed by atoms with Gasteiger partial charge in [0.25, 0.3) is 0 Å². The van der Waals surface area contributed by atoms with Gasteiger partial charge in [-0.3, -0.25) is 0 Å². The van der Waals surface area contributed by atoms with Crippen molar-refractivity contribution in [3.8, 4) is 0 Å². The van der Waals surface area contributed by atoms with E-state index in [0.29, 0.717) is 5.92 Å². The maximum Gasteiger partial charge on any atom is 0.0439 e. The van der Waals surface area contributed by atoms with Gasteiger partial charge in [-0.1, -0.05) is 59.9 Å². The smallest absolute Gasteiger partial charge is 0.0439 e. The van der Waals surface area contributed by atoms with E-state index in [1.165, 1.54) is 0 Å².